The van der Waals surface area contributed by atoms with Crippen LogP contribution in [-0.4, -0.2) is 25.5 Å². The molecule has 0 fully saturated rings. The highest BCUT2D eigenvalue weighted by Crippen LogP contribution is 2.23. The molecule has 4 nitrogen and oxygen atoms in total. The summed E-state index contributed by atoms with van der Waals surface area (Å²) in [6, 6.07) is 10.6. The zero-order chi connectivity index (χ0) is 17.0. The van der Waals surface area contributed by atoms with Crippen molar-refractivity contribution in [3.05, 3.63) is 63.1 Å². The fourth-order valence-electron chi connectivity index (χ4n) is 2.11. The lowest BCUT2D eigenvalue weighted by Crippen LogP contribution is -2.15. The highest BCUT2D eigenvalue weighted by atomic mass is 79.9. The number of benzene rings is 2. The smallest absolute Gasteiger partial charge is 0.339 e. The van der Waals surface area contributed by atoms with Gasteiger partial charge in [0, 0.05) is 10.0 Å². The molecule has 5 heteroatoms. The van der Waals surface area contributed by atoms with Crippen LogP contribution in [0, 0.1) is 13.8 Å². The van der Waals surface area contributed by atoms with E-state index >= 15 is 0 Å². The molecule has 0 atom stereocenters. The number of methoxy groups -OCH3 is 1. The molecule has 0 radical (unpaired) electrons. The number of hydrogen-bond donors (Lipinski definition) is 0. The molecule has 120 valence electrons. The topological polar surface area (TPSA) is 52.6 Å². The van der Waals surface area contributed by atoms with Crippen molar-refractivity contribution in [1.82, 2.24) is 0 Å². The fraction of sp³-hybridized carbons (Fsp3) is 0.222. The molecular formula is C18H17BrO4. The molecule has 2 aromatic rings. The van der Waals surface area contributed by atoms with Crippen LogP contribution < -0.4 is 4.74 Å². The van der Waals surface area contributed by atoms with Crippen molar-refractivity contribution in [2.24, 2.45) is 0 Å². The lowest BCUT2D eigenvalue weighted by molar-refractivity contribution is 0.0473. The molecule has 2 rings (SSSR count). The summed E-state index contributed by atoms with van der Waals surface area (Å²) in [5.74, 6) is -0.256. The van der Waals surface area contributed by atoms with Crippen LogP contribution in [0.25, 0.3) is 0 Å². The molecule has 0 saturated carbocycles. The Bertz CT molecular complexity index is 753. The molecule has 0 N–H and O–H groups in total. The van der Waals surface area contributed by atoms with Gasteiger partial charge in [-0.25, -0.2) is 4.79 Å². The van der Waals surface area contributed by atoms with Crippen LogP contribution in [0.3, 0.4) is 0 Å². The van der Waals surface area contributed by atoms with Crippen LogP contribution in [0.1, 0.15) is 31.8 Å². The number of ether oxygens (including phenoxy) is 2. The van der Waals surface area contributed by atoms with Crippen molar-refractivity contribution >= 4 is 27.7 Å². The van der Waals surface area contributed by atoms with E-state index in [4.69, 9.17) is 9.47 Å². The van der Waals surface area contributed by atoms with Gasteiger partial charge in [-0.3, -0.25) is 4.79 Å². The molecule has 0 spiro atoms. The number of Topliss-reactive ketones (excluding diaryl/α,β-unsaturated/α-hetero) is 1. The van der Waals surface area contributed by atoms with E-state index in [9.17, 15) is 9.59 Å². The van der Waals surface area contributed by atoms with Crippen LogP contribution in [0.15, 0.2) is 40.9 Å². The van der Waals surface area contributed by atoms with E-state index in [0.717, 1.165) is 11.1 Å². The van der Waals surface area contributed by atoms with Crippen molar-refractivity contribution in [1.29, 1.82) is 0 Å². The average molecular weight is 377 g/mol. The third-order valence-corrected chi connectivity index (χ3v) is 4.11. The number of carbonyl (C=O) groups is 2. The summed E-state index contributed by atoms with van der Waals surface area (Å²) in [6.07, 6.45) is 0. The Morgan fingerprint density at radius 2 is 1.78 bits per heavy atom. The Labute approximate surface area is 143 Å². The second kappa shape index (κ2) is 7.42. The zero-order valence-corrected chi connectivity index (χ0v) is 14.8. The maximum absolute atomic E-state index is 12.2. The van der Waals surface area contributed by atoms with Gasteiger partial charge in [0.05, 0.1) is 12.7 Å². The molecule has 23 heavy (non-hydrogen) atoms. The number of carbonyl (C=O) groups excluding carboxylic acids is 2. The number of hydrogen-bond acceptors (Lipinski definition) is 4. The quantitative estimate of drug-likeness (QED) is 0.581. The van der Waals surface area contributed by atoms with Gasteiger partial charge in [0.1, 0.15) is 5.75 Å². The molecule has 0 heterocycles. The van der Waals surface area contributed by atoms with Crippen LogP contribution in [0.5, 0.6) is 5.75 Å². The monoisotopic (exact) mass is 376 g/mol. The summed E-state index contributed by atoms with van der Waals surface area (Å²) < 4.78 is 10.8. The second-order valence-electron chi connectivity index (χ2n) is 5.16. The van der Waals surface area contributed by atoms with Crippen molar-refractivity contribution in [2.45, 2.75) is 13.8 Å². The minimum Gasteiger partial charge on any atom is -0.497 e. The Kier molecular flexibility index (Phi) is 5.55. The first-order valence-electron chi connectivity index (χ1n) is 7.03. The second-order valence-corrected chi connectivity index (χ2v) is 6.02. The van der Waals surface area contributed by atoms with Crippen LogP contribution in [0.2, 0.25) is 0 Å². The number of rotatable bonds is 5. The molecule has 0 unspecified atom stereocenters. The Morgan fingerprint density at radius 1 is 1.04 bits per heavy atom. The minimum atomic E-state index is -0.575. The molecule has 0 amide bonds. The number of esters is 1. The Morgan fingerprint density at radius 3 is 2.48 bits per heavy atom. The van der Waals surface area contributed by atoms with Crippen molar-refractivity contribution < 1.29 is 19.1 Å². The summed E-state index contributed by atoms with van der Waals surface area (Å²) in [4.78, 5) is 24.4. The van der Waals surface area contributed by atoms with Crippen molar-refractivity contribution in [3.8, 4) is 5.75 Å². The van der Waals surface area contributed by atoms with Gasteiger partial charge in [-0.15, -0.1) is 0 Å². The van der Waals surface area contributed by atoms with E-state index in [1.807, 2.05) is 26.0 Å². The van der Waals surface area contributed by atoms with Gasteiger partial charge in [-0.05, 0) is 59.6 Å². The summed E-state index contributed by atoms with van der Waals surface area (Å²) in [7, 11) is 1.52. The van der Waals surface area contributed by atoms with E-state index in [1.54, 1.807) is 24.3 Å². The summed E-state index contributed by atoms with van der Waals surface area (Å²) in [5.41, 5.74) is 2.74. The SMILES string of the molecule is COc1ccc(Br)c(C(=O)OCC(=O)c2cc(C)ccc2C)c1. The van der Waals surface area contributed by atoms with Gasteiger partial charge in [0.25, 0.3) is 0 Å². The fourth-order valence-corrected chi connectivity index (χ4v) is 2.52. The predicted molar refractivity (Wildman–Crippen MR) is 91.2 cm³/mol. The molecular weight excluding hydrogens is 360 g/mol. The molecule has 0 aromatic heterocycles. The van der Waals surface area contributed by atoms with Crippen LogP contribution in [0.4, 0.5) is 0 Å². The third-order valence-electron chi connectivity index (χ3n) is 3.42. The van der Waals surface area contributed by atoms with Crippen molar-refractivity contribution in [2.75, 3.05) is 13.7 Å². The molecule has 2 aromatic carbocycles. The molecule has 0 aliphatic heterocycles. The maximum Gasteiger partial charge on any atom is 0.339 e. The van der Waals surface area contributed by atoms with E-state index in [0.29, 0.717) is 21.3 Å². The van der Waals surface area contributed by atoms with Gasteiger partial charge in [0.2, 0.25) is 5.78 Å². The molecule has 0 aliphatic rings. The normalized spacial score (nSPS) is 10.3. The third kappa shape index (κ3) is 4.20. The van der Waals surface area contributed by atoms with Crippen molar-refractivity contribution in [3.63, 3.8) is 0 Å². The van der Waals surface area contributed by atoms with Crippen LogP contribution in [-0.2, 0) is 4.74 Å². The van der Waals surface area contributed by atoms with Gasteiger partial charge in [-0.2, -0.15) is 0 Å². The van der Waals surface area contributed by atoms with Gasteiger partial charge in [-0.1, -0.05) is 17.7 Å². The van der Waals surface area contributed by atoms with E-state index in [1.165, 1.54) is 7.11 Å². The standard InChI is InChI=1S/C18H17BrO4/c1-11-4-5-12(2)14(8-11)17(20)10-23-18(21)15-9-13(22-3)6-7-16(15)19/h4-9H,10H2,1-3H3. The lowest BCUT2D eigenvalue weighted by atomic mass is 10.0. The molecule has 0 aliphatic carbocycles. The largest absolute Gasteiger partial charge is 0.497 e. The van der Waals surface area contributed by atoms with Gasteiger partial charge in [0.15, 0.2) is 6.61 Å². The molecule has 0 bridgehead atoms. The first-order valence-corrected chi connectivity index (χ1v) is 7.83. The number of aryl methyl sites for hydroxylation is 2. The first-order chi connectivity index (χ1) is 10.9. The summed E-state index contributed by atoms with van der Waals surface area (Å²) in [6.45, 7) is 3.47. The summed E-state index contributed by atoms with van der Waals surface area (Å²) in [5, 5.41) is 0. The minimum absolute atomic E-state index is 0.224. The Balaban J connectivity index is 2.10. The van der Waals surface area contributed by atoms with E-state index in [-0.39, 0.29) is 12.4 Å². The van der Waals surface area contributed by atoms with Gasteiger partial charge < -0.3 is 9.47 Å². The number of halogens is 1. The predicted octanol–water partition coefficient (Wildman–Crippen LogP) is 4.11. The highest BCUT2D eigenvalue weighted by molar-refractivity contribution is 9.10. The zero-order valence-electron chi connectivity index (χ0n) is 13.2. The number of ketones is 1. The van der Waals surface area contributed by atoms with Gasteiger partial charge >= 0.3 is 5.97 Å². The Hall–Kier alpha value is -2.14. The van der Waals surface area contributed by atoms with Crippen LogP contribution >= 0.6 is 15.9 Å². The maximum atomic E-state index is 12.2. The lowest BCUT2D eigenvalue weighted by Gasteiger charge is -2.09. The molecule has 0 saturated heterocycles. The average Bonchev–Trinajstić information content (AvgIpc) is 2.55. The highest BCUT2D eigenvalue weighted by Gasteiger charge is 2.16. The van der Waals surface area contributed by atoms with E-state index in [2.05, 4.69) is 15.9 Å². The van der Waals surface area contributed by atoms with E-state index < -0.39 is 5.97 Å². The summed E-state index contributed by atoms with van der Waals surface area (Å²) >= 11 is 3.29. The first kappa shape index (κ1) is 17.2.